The second-order valence-electron chi connectivity index (χ2n) is 5.57. The topological polar surface area (TPSA) is 126 Å². The van der Waals surface area contributed by atoms with Crippen LogP contribution in [-0.4, -0.2) is 68.3 Å². The molecule has 28 heavy (non-hydrogen) atoms. The molecule has 0 bridgehead atoms. The van der Waals surface area contributed by atoms with Crippen LogP contribution in [0.25, 0.3) is 0 Å². The lowest BCUT2D eigenvalue weighted by molar-refractivity contribution is -0.140. The highest BCUT2D eigenvalue weighted by Crippen LogP contribution is 2.35. The highest BCUT2D eigenvalue weighted by Gasteiger charge is 2.17. The van der Waals surface area contributed by atoms with Gasteiger partial charge in [0, 0.05) is 36.5 Å². The van der Waals surface area contributed by atoms with Crippen LogP contribution < -0.4 is 25.5 Å². The number of hydrogen-bond donors (Lipinski definition) is 3. The number of rotatable bonds is 12. The summed E-state index contributed by atoms with van der Waals surface area (Å²) in [5, 5.41) is 12.5. The van der Waals surface area contributed by atoms with E-state index in [9.17, 15) is 9.59 Å². The number of hydrogen-bond acceptors (Lipinski definition) is 7. The number of aliphatic carboxylic acids is 1. The number of carboxylic acid groups (broad SMARTS) is 1. The Morgan fingerprint density at radius 2 is 1.86 bits per heavy atom. The van der Waals surface area contributed by atoms with Crippen molar-refractivity contribution in [1.29, 1.82) is 0 Å². The van der Waals surface area contributed by atoms with Crippen LogP contribution in [0.2, 0.25) is 0 Å². The third kappa shape index (κ3) is 7.06. The summed E-state index contributed by atoms with van der Waals surface area (Å²) in [5.41, 5.74) is 8.84. The second kappa shape index (κ2) is 12.3. The van der Waals surface area contributed by atoms with E-state index in [1.807, 2.05) is 4.90 Å². The largest absolute Gasteiger partial charge is 0.496 e. The van der Waals surface area contributed by atoms with E-state index in [1.165, 1.54) is 20.4 Å². The predicted molar refractivity (Wildman–Crippen MR) is 109 cm³/mol. The molecule has 1 amide bonds. The van der Waals surface area contributed by atoms with Crippen molar-refractivity contribution in [3.63, 3.8) is 0 Å². The van der Waals surface area contributed by atoms with Gasteiger partial charge >= 0.3 is 5.97 Å². The first-order valence-corrected chi connectivity index (χ1v) is 9.38. The summed E-state index contributed by atoms with van der Waals surface area (Å²) >= 11 is 11.7. The number of nitrogens with two attached hydrogens (primary N) is 1. The molecular weight excluding hydrogens is 411 g/mol. The van der Waals surface area contributed by atoms with Crippen LogP contribution in [0.4, 0.5) is 5.69 Å². The molecule has 156 valence electrons. The van der Waals surface area contributed by atoms with Crippen LogP contribution in [0.5, 0.6) is 11.5 Å². The lowest BCUT2D eigenvalue weighted by atomic mass is 10.1. The Labute approximate surface area is 173 Å². The summed E-state index contributed by atoms with van der Waals surface area (Å²) in [6, 6.07) is 2.17. The summed E-state index contributed by atoms with van der Waals surface area (Å²) in [4.78, 5) is 24.3. The molecular formula is C17H24Cl2N4O5. The molecule has 4 N–H and O–H groups in total. The number of anilines is 1. The van der Waals surface area contributed by atoms with Crippen LogP contribution >= 0.6 is 23.2 Å². The number of halogens is 2. The number of nitrogens with zero attached hydrogens (tertiary/aromatic N) is 2. The fraction of sp³-hybridized carbons (Fsp3) is 0.471. The molecule has 1 rings (SSSR count). The summed E-state index contributed by atoms with van der Waals surface area (Å²) in [7, 11) is 3.03. The van der Waals surface area contributed by atoms with Gasteiger partial charge in [-0.05, 0) is 6.07 Å². The van der Waals surface area contributed by atoms with E-state index >= 15 is 0 Å². The zero-order valence-electron chi connectivity index (χ0n) is 15.7. The SMILES string of the molecule is COc1cc(N(CCCl)CCCl)c(OC)cc1/C=N/NC(=O)CC(N)C(=O)O. The number of ether oxygens (including phenoxy) is 2. The Hall–Kier alpha value is -2.23. The van der Waals surface area contributed by atoms with Crippen molar-refractivity contribution in [1.82, 2.24) is 5.43 Å². The third-order valence-corrected chi connectivity index (χ3v) is 4.03. The first-order chi connectivity index (χ1) is 13.4. The van der Waals surface area contributed by atoms with E-state index in [4.69, 9.17) is 43.5 Å². The summed E-state index contributed by atoms with van der Waals surface area (Å²) in [6.07, 6.45) is 0.973. The molecule has 0 aliphatic rings. The van der Waals surface area contributed by atoms with Gasteiger partial charge in [-0.2, -0.15) is 5.10 Å². The fourth-order valence-corrected chi connectivity index (χ4v) is 2.72. The van der Waals surface area contributed by atoms with Crippen LogP contribution in [0.1, 0.15) is 12.0 Å². The van der Waals surface area contributed by atoms with Crippen LogP contribution in [-0.2, 0) is 9.59 Å². The number of nitrogens with one attached hydrogen (secondary N) is 1. The summed E-state index contributed by atoms with van der Waals surface area (Å²) in [6.45, 7) is 1.14. The summed E-state index contributed by atoms with van der Waals surface area (Å²) in [5.74, 6) is -0.0165. The van der Waals surface area contributed by atoms with E-state index in [2.05, 4.69) is 10.5 Å². The van der Waals surface area contributed by atoms with E-state index in [0.29, 0.717) is 41.9 Å². The average Bonchev–Trinajstić information content (AvgIpc) is 2.67. The molecule has 0 aliphatic carbocycles. The number of carbonyl (C=O) groups excluding carboxylic acids is 1. The quantitative estimate of drug-likeness (QED) is 0.256. The van der Waals surface area contributed by atoms with Gasteiger partial charge in [0.15, 0.2) is 0 Å². The average molecular weight is 435 g/mol. The Morgan fingerprint density at radius 3 is 2.36 bits per heavy atom. The number of carboxylic acids is 1. The number of hydrazone groups is 1. The Kier molecular flexibility index (Phi) is 10.4. The van der Waals surface area contributed by atoms with E-state index < -0.39 is 24.3 Å². The van der Waals surface area contributed by atoms with Gasteiger partial charge in [0.2, 0.25) is 5.91 Å². The van der Waals surface area contributed by atoms with E-state index in [-0.39, 0.29) is 0 Å². The minimum atomic E-state index is -1.29. The van der Waals surface area contributed by atoms with Gasteiger partial charge in [-0.1, -0.05) is 0 Å². The van der Waals surface area contributed by atoms with Crippen molar-refractivity contribution in [2.75, 3.05) is 44.0 Å². The number of benzene rings is 1. The molecule has 0 radical (unpaired) electrons. The van der Waals surface area contributed by atoms with Gasteiger partial charge in [0.05, 0.1) is 32.5 Å². The minimum absolute atomic E-state index is 0.391. The first-order valence-electron chi connectivity index (χ1n) is 8.31. The Balaban J connectivity index is 3.03. The first kappa shape index (κ1) is 23.8. The number of methoxy groups -OCH3 is 2. The molecule has 1 aromatic carbocycles. The maximum atomic E-state index is 11.7. The highest BCUT2D eigenvalue weighted by atomic mass is 35.5. The Bertz CT molecular complexity index is 696. The zero-order chi connectivity index (χ0) is 21.1. The predicted octanol–water partition coefficient (Wildman–Crippen LogP) is 1.24. The third-order valence-electron chi connectivity index (χ3n) is 3.70. The summed E-state index contributed by atoms with van der Waals surface area (Å²) < 4.78 is 10.8. The van der Waals surface area contributed by atoms with Crippen molar-refractivity contribution in [2.24, 2.45) is 10.8 Å². The molecule has 0 saturated carbocycles. The van der Waals surface area contributed by atoms with Gasteiger partial charge in [-0.3, -0.25) is 9.59 Å². The standard InChI is InChI=1S/C17H24Cl2N4O5/c1-27-14-9-13(23(5-3-18)6-4-19)15(28-2)7-11(14)10-21-22-16(24)8-12(20)17(25)26/h7,9-10,12H,3-6,8,20H2,1-2H3,(H,22,24)(H,25,26)/b21-10+. The Morgan fingerprint density at radius 1 is 1.25 bits per heavy atom. The fourth-order valence-electron chi connectivity index (χ4n) is 2.32. The van der Waals surface area contributed by atoms with Crippen LogP contribution in [0, 0.1) is 0 Å². The number of carbonyl (C=O) groups is 2. The normalized spacial score (nSPS) is 11.9. The van der Waals surface area contributed by atoms with Gasteiger partial charge in [-0.15, -0.1) is 23.2 Å². The molecule has 0 spiro atoms. The van der Waals surface area contributed by atoms with Crippen molar-refractivity contribution in [3.8, 4) is 11.5 Å². The smallest absolute Gasteiger partial charge is 0.321 e. The molecule has 1 unspecified atom stereocenters. The van der Waals surface area contributed by atoms with Crippen molar-refractivity contribution < 1.29 is 24.2 Å². The molecule has 1 atom stereocenters. The molecule has 1 aromatic rings. The van der Waals surface area contributed by atoms with Crippen molar-refractivity contribution in [3.05, 3.63) is 17.7 Å². The number of amides is 1. The lowest BCUT2D eigenvalue weighted by Gasteiger charge is -2.26. The van der Waals surface area contributed by atoms with Crippen LogP contribution in [0.3, 0.4) is 0 Å². The van der Waals surface area contributed by atoms with E-state index in [1.54, 1.807) is 12.1 Å². The monoisotopic (exact) mass is 434 g/mol. The van der Waals surface area contributed by atoms with E-state index in [0.717, 1.165) is 5.69 Å². The molecule has 0 heterocycles. The molecule has 0 saturated heterocycles. The molecule has 0 aliphatic heterocycles. The van der Waals surface area contributed by atoms with Crippen molar-refractivity contribution >= 4 is 47.0 Å². The second-order valence-corrected chi connectivity index (χ2v) is 6.33. The van der Waals surface area contributed by atoms with Crippen molar-refractivity contribution in [2.45, 2.75) is 12.5 Å². The van der Waals surface area contributed by atoms with Gasteiger partial charge in [0.1, 0.15) is 17.5 Å². The maximum Gasteiger partial charge on any atom is 0.321 e. The lowest BCUT2D eigenvalue weighted by Crippen LogP contribution is -2.35. The maximum absolute atomic E-state index is 11.7. The molecule has 0 aromatic heterocycles. The highest BCUT2D eigenvalue weighted by molar-refractivity contribution is 6.18. The number of alkyl halides is 2. The molecule has 0 fully saturated rings. The molecule has 9 nitrogen and oxygen atoms in total. The zero-order valence-corrected chi connectivity index (χ0v) is 17.2. The van der Waals surface area contributed by atoms with Gasteiger partial charge in [-0.25, -0.2) is 5.43 Å². The van der Waals surface area contributed by atoms with Gasteiger partial charge in [0.25, 0.3) is 0 Å². The molecule has 11 heteroatoms. The van der Waals surface area contributed by atoms with Crippen LogP contribution in [0.15, 0.2) is 17.2 Å². The van der Waals surface area contributed by atoms with Gasteiger partial charge < -0.3 is 25.2 Å². The minimum Gasteiger partial charge on any atom is -0.496 e.